The van der Waals surface area contributed by atoms with Crippen molar-refractivity contribution in [1.29, 1.82) is 0 Å². The quantitative estimate of drug-likeness (QED) is 0.446. The molecule has 7 nitrogen and oxygen atoms in total. The lowest BCUT2D eigenvalue weighted by atomic mass is 9.44. The van der Waals surface area contributed by atoms with Crippen molar-refractivity contribution in [2.45, 2.75) is 116 Å². The van der Waals surface area contributed by atoms with Crippen LogP contribution in [0.3, 0.4) is 0 Å². The van der Waals surface area contributed by atoms with Gasteiger partial charge in [0, 0.05) is 24.9 Å². The van der Waals surface area contributed by atoms with E-state index in [0.717, 1.165) is 43.6 Å². The van der Waals surface area contributed by atoms with Gasteiger partial charge in [-0.15, -0.1) is 0 Å². The van der Waals surface area contributed by atoms with Gasteiger partial charge in [-0.05, 0) is 104 Å². The molecule has 3 N–H and O–H groups in total. The van der Waals surface area contributed by atoms with Gasteiger partial charge >= 0.3 is 0 Å². The zero-order valence-electron chi connectivity index (χ0n) is 24.7. The highest BCUT2D eigenvalue weighted by Crippen LogP contribution is 2.71. The van der Waals surface area contributed by atoms with Crippen LogP contribution < -0.4 is 10.6 Å². The first-order valence-electron chi connectivity index (χ1n) is 16.1. The van der Waals surface area contributed by atoms with E-state index in [2.05, 4.69) is 38.3 Å². The number of rotatable bonds is 5. The Morgan fingerprint density at radius 2 is 1.72 bits per heavy atom. The molecule has 6 fully saturated rings. The summed E-state index contributed by atoms with van der Waals surface area (Å²) in [5, 5.41) is 14.6. The highest BCUT2D eigenvalue weighted by molar-refractivity contribution is 5.96. The van der Waals surface area contributed by atoms with E-state index in [0.29, 0.717) is 40.6 Å². The van der Waals surface area contributed by atoms with Crippen LogP contribution in [-0.4, -0.2) is 54.6 Å². The van der Waals surface area contributed by atoms with Crippen molar-refractivity contribution in [2.24, 2.45) is 52.3 Å². The second-order valence-electron chi connectivity index (χ2n) is 15.0. The third kappa shape index (κ3) is 4.57. The van der Waals surface area contributed by atoms with Gasteiger partial charge in [0.05, 0.1) is 19.3 Å². The van der Waals surface area contributed by atoms with Crippen molar-refractivity contribution in [2.75, 3.05) is 19.8 Å². The molecule has 1 spiro atoms. The Labute approximate surface area is 234 Å². The summed E-state index contributed by atoms with van der Waals surface area (Å²) >= 11 is 0. The Hall–Kier alpha value is -1.18. The monoisotopic (exact) mass is 544 g/mol. The molecule has 6 rings (SSSR count). The molecule has 12 atom stereocenters. The second kappa shape index (κ2) is 10.3. The van der Waals surface area contributed by atoms with Gasteiger partial charge in [-0.1, -0.05) is 27.7 Å². The van der Waals surface area contributed by atoms with Gasteiger partial charge in [0.2, 0.25) is 11.8 Å². The Bertz CT molecular complexity index is 949. The van der Waals surface area contributed by atoms with Crippen molar-refractivity contribution in [3.05, 3.63) is 0 Å². The lowest BCUT2D eigenvalue weighted by Crippen LogP contribution is -2.56. The van der Waals surface area contributed by atoms with Crippen LogP contribution in [0.1, 0.15) is 98.3 Å². The van der Waals surface area contributed by atoms with Crippen LogP contribution in [0.2, 0.25) is 0 Å². The predicted molar refractivity (Wildman–Crippen MR) is 148 cm³/mol. The Morgan fingerprint density at radius 1 is 0.923 bits per heavy atom. The van der Waals surface area contributed by atoms with Gasteiger partial charge in [-0.3, -0.25) is 9.59 Å². The standard InChI is InChI=1S/C32H52N2O5/c1-19-7-12-32(38-18-19)20(2)29-26(39-32)16-25-23-6-5-21-15-22(34-28(37)17-27(36)33-13-14-35)8-10-30(21,3)24(23)9-11-31(25,29)4/h19-26,29,35H,5-18H2,1-4H3,(H,33,36)(H,34,37)/t19-,20+,21+,22-,23-,24+,25+,26+,29+,30+,31+,32-/m1/s1. The molecule has 2 saturated heterocycles. The average Bonchev–Trinajstić information content (AvgIpc) is 3.34. The molecule has 2 heterocycles. The lowest BCUT2D eigenvalue weighted by molar-refractivity contribution is -0.273. The van der Waals surface area contributed by atoms with E-state index in [9.17, 15) is 9.59 Å². The number of carbonyl (C=O) groups excluding carboxylic acids is 2. The third-order valence-electron chi connectivity index (χ3n) is 13.1. The van der Waals surface area contributed by atoms with Crippen LogP contribution in [-0.2, 0) is 19.1 Å². The number of hydrogen-bond acceptors (Lipinski definition) is 5. The number of fused-ring (bicyclic) bond motifs is 7. The minimum absolute atomic E-state index is 0.111. The summed E-state index contributed by atoms with van der Waals surface area (Å²) < 4.78 is 13.4. The van der Waals surface area contributed by atoms with E-state index in [1.54, 1.807) is 0 Å². The molecule has 2 amide bonds. The molecule has 0 aromatic carbocycles. The first-order chi connectivity index (χ1) is 18.6. The van der Waals surface area contributed by atoms with Crippen LogP contribution in [0.5, 0.6) is 0 Å². The van der Waals surface area contributed by atoms with Crippen LogP contribution in [0.15, 0.2) is 0 Å². The van der Waals surface area contributed by atoms with Crippen LogP contribution in [0.4, 0.5) is 0 Å². The number of ether oxygens (including phenoxy) is 2. The number of aliphatic hydroxyl groups is 1. The predicted octanol–water partition coefficient (Wildman–Crippen LogP) is 4.42. The van der Waals surface area contributed by atoms with Crippen LogP contribution >= 0.6 is 0 Å². The molecule has 7 heteroatoms. The van der Waals surface area contributed by atoms with Crippen molar-refractivity contribution >= 4 is 11.8 Å². The van der Waals surface area contributed by atoms with E-state index in [1.807, 2.05) is 0 Å². The maximum absolute atomic E-state index is 12.5. The Morgan fingerprint density at radius 3 is 2.46 bits per heavy atom. The van der Waals surface area contributed by atoms with Gasteiger partial charge in [0.15, 0.2) is 5.79 Å². The van der Waals surface area contributed by atoms with Crippen molar-refractivity contribution in [3.63, 3.8) is 0 Å². The van der Waals surface area contributed by atoms with E-state index in [-0.39, 0.29) is 43.2 Å². The van der Waals surface area contributed by atoms with Gasteiger partial charge in [0.25, 0.3) is 0 Å². The summed E-state index contributed by atoms with van der Waals surface area (Å²) in [6, 6.07) is 0.168. The highest BCUT2D eigenvalue weighted by Gasteiger charge is 2.69. The molecule has 6 aliphatic rings. The highest BCUT2D eigenvalue weighted by atomic mass is 16.7. The normalized spacial score (nSPS) is 50.4. The van der Waals surface area contributed by atoms with E-state index >= 15 is 0 Å². The number of nitrogens with one attached hydrogen (secondary N) is 2. The van der Waals surface area contributed by atoms with Crippen molar-refractivity contribution < 1.29 is 24.2 Å². The molecule has 220 valence electrons. The maximum Gasteiger partial charge on any atom is 0.229 e. The number of hydrogen-bond donors (Lipinski definition) is 3. The van der Waals surface area contributed by atoms with Crippen molar-refractivity contribution in [3.8, 4) is 0 Å². The molecule has 0 unspecified atom stereocenters. The molecule has 4 saturated carbocycles. The van der Waals surface area contributed by atoms with Gasteiger partial charge < -0.3 is 25.2 Å². The number of aliphatic hydroxyl groups excluding tert-OH is 1. The van der Waals surface area contributed by atoms with Crippen LogP contribution in [0, 0.1) is 52.3 Å². The summed E-state index contributed by atoms with van der Waals surface area (Å²) in [7, 11) is 0. The van der Waals surface area contributed by atoms with Gasteiger partial charge in [-0.2, -0.15) is 0 Å². The third-order valence-corrected chi connectivity index (χ3v) is 13.1. The minimum Gasteiger partial charge on any atom is -0.395 e. The summed E-state index contributed by atoms with van der Waals surface area (Å²) in [6.45, 7) is 10.8. The molecule has 0 aromatic heterocycles. The molecule has 0 bridgehead atoms. The second-order valence-corrected chi connectivity index (χ2v) is 15.0. The molecule has 2 aliphatic heterocycles. The van der Waals surface area contributed by atoms with E-state index in [1.165, 1.54) is 44.9 Å². The zero-order chi connectivity index (χ0) is 27.6. The summed E-state index contributed by atoms with van der Waals surface area (Å²) in [5.41, 5.74) is 0.699. The SMILES string of the molecule is C[C@@H]1CC[C@@]2(OC1)O[C@H]1C[C@H]3[C@@H]4CC[C@H]5C[C@H](NC(=O)CC(=O)NCCO)CC[C@]5(C)[C@H]4CC[C@]3(C)[C@H]1[C@@H]2C. The van der Waals surface area contributed by atoms with Gasteiger partial charge in [0.1, 0.15) is 6.42 Å². The summed E-state index contributed by atoms with van der Waals surface area (Å²) in [4.78, 5) is 24.4. The topological polar surface area (TPSA) is 96.9 Å². The fourth-order valence-corrected chi connectivity index (χ4v) is 11.1. The first kappa shape index (κ1) is 28.0. The molecule has 0 aromatic rings. The van der Waals surface area contributed by atoms with Crippen LogP contribution in [0.25, 0.3) is 0 Å². The van der Waals surface area contributed by atoms with Gasteiger partial charge in [-0.25, -0.2) is 0 Å². The number of amides is 2. The fraction of sp³-hybridized carbons (Fsp3) is 0.938. The number of carbonyl (C=O) groups is 2. The zero-order valence-corrected chi connectivity index (χ0v) is 24.7. The Balaban J connectivity index is 1.10. The summed E-state index contributed by atoms with van der Waals surface area (Å²) in [6.07, 6.45) is 12.1. The smallest absolute Gasteiger partial charge is 0.229 e. The Kier molecular flexibility index (Phi) is 7.36. The minimum atomic E-state index is -0.335. The maximum atomic E-state index is 12.5. The largest absolute Gasteiger partial charge is 0.395 e. The summed E-state index contributed by atoms with van der Waals surface area (Å²) in [5.74, 6) is 3.83. The molecule has 39 heavy (non-hydrogen) atoms. The molecular weight excluding hydrogens is 492 g/mol. The average molecular weight is 545 g/mol. The van der Waals surface area contributed by atoms with Crippen molar-refractivity contribution in [1.82, 2.24) is 10.6 Å². The first-order valence-corrected chi connectivity index (χ1v) is 16.1. The molecular formula is C32H52N2O5. The molecule has 4 aliphatic carbocycles. The molecule has 0 radical (unpaired) electrons. The fourth-order valence-electron chi connectivity index (χ4n) is 11.1. The van der Waals surface area contributed by atoms with E-state index < -0.39 is 0 Å². The van der Waals surface area contributed by atoms with E-state index in [4.69, 9.17) is 14.6 Å². The lowest BCUT2D eigenvalue weighted by Gasteiger charge is -2.61.